The highest BCUT2D eigenvalue weighted by Gasteiger charge is 2.66. The van der Waals surface area contributed by atoms with Gasteiger partial charge >= 0.3 is 0 Å². The second kappa shape index (κ2) is 4.22. The van der Waals surface area contributed by atoms with Crippen molar-refractivity contribution in [3.8, 4) is 0 Å². The van der Waals surface area contributed by atoms with Gasteiger partial charge in [-0.25, -0.2) is 0 Å². The Hall–Kier alpha value is -2.10. The molecule has 1 saturated heterocycles. The molecular weight excluding hydrogens is 276 g/mol. The molecule has 0 unspecified atom stereocenters. The number of nitrogens with zero attached hydrogens (tertiary/aromatic N) is 1. The van der Waals surface area contributed by atoms with Gasteiger partial charge in [0, 0.05) is 5.69 Å². The van der Waals surface area contributed by atoms with Crippen LogP contribution in [0.3, 0.4) is 0 Å². The molecule has 2 amide bonds. The molecule has 4 aliphatic carbocycles. The second-order valence-electron chi connectivity index (χ2n) is 6.96. The van der Waals surface area contributed by atoms with Crippen LogP contribution in [0.25, 0.3) is 0 Å². The lowest BCUT2D eigenvalue weighted by Crippen LogP contribution is -2.40. The summed E-state index contributed by atoms with van der Waals surface area (Å²) < 4.78 is 0. The summed E-state index contributed by atoms with van der Waals surface area (Å²) in [5.74, 6) is 1.81. The number of anilines is 1. The highest BCUT2D eigenvalue weighted by Crippen LogP contribution is 2.65. The summed E-state index contributed by atoms with van der Waals surface area (Å²) in [5, 5.41) is 3.19. The number of benzene rings is 1. The zero-order valence-corrected chi connectivity index (χ0v) is 12.2. The van der Waals surface area contributed by atoms with Crippen molar-refractivity contribution in [3.05, 3.63) is 42.5 Å². The molecule has 1 aliphatic heterocycles. The Kier molecular flexibility index (Phi) is 2.38. The van der Waals surface area contributed by atoms with Crippen LogP contribution in [0.15, 0.2) is 42.5 Å². The highest BCUT2D eigenvalue weighted by atomic mass is 16.2. The molecule has 0 spiro atoms. The number of amides is 2. The molecule has 6 rings (SSSR count). The lowest BCUT2D eigenvalue weighted by molar-refractivity contribution is -0.139. The summed E-state index contributed by atoms with van der Waals surface area (Å²) in [7, 11) is 0. The smallest absolute Gasteiger partial charge is 0.235 e. The van der Waals surface area contributed by atoms with Gasteiger partial charge in [-0.15, -0.1) is 0 Å². The molecule has 2 saturated carbocycles. The molecule has 2 bridgehead atoms. The quantitative estimate of drug-likeness (QED) is 0.686. The Labute approximate surface area is 129 Å². The SMILES string of the molecule is O=C1[C@H]2[C@@H]3C=C[C@@H]([C@H]4C[C@H]34)[C@@H]2C(=O)N1CNc1ccccc1. The molecule has 22 heavy (non-hydrogen) atoms. The highest BCUT2D eigenvalue weighted by molar-refractivity contribution is 6.06. The maximum absolute atomic E-state index is 12.8. The molecule has 1 aromatic rings. The van der Waals surface area contributed by atoms with E-state index in [0.717, 1.165) is 5.69 Å². The normalized spacial score (nSPS) is 40.6. The number of hydrogen-bond acceptors (Lipinski definition) is 3. The van der Waals surface area contributed by atoms with E-state index in [1.165, 1.54) is 11.3 Å². The van der Waals surface area contributed by atoms with E-state index in [9.17, 15) is 9.59 Å². The summed E-state index contributed by atoms with van der Waals surface area (Å²) in [5.41, 5.74) is 0.932. The van der Waals surface area contributed by atoms with Crippen molar-refractivity contribution >= 4 is 17.5 Å². The lowest BCUT2D eigenvalue weighted by atomic mass is 9.63. The molecule has 0 aromatic heterocycles. The number of rotatable bonds is 3. The van der Waals surface area contributed by atoms with Gasteiger partial charge in [-0.1, -0.05) is 30.4 Å². The zero-order chi connectivity index (χ0) is 14.8. The number of para-hydroxylation sites is 1. The van der Waals surface area contributed by atoms with Crippen molar-refractivity contribution in [2.45, 2.75) is 6.42 Å². The van der Waals surface area contributed by atoms with E-state index in [-0.39, 0.29) is 30.3 Å². The molecule has 3 fully saturated rings. The minimum Gasteiger partial charge on any atom is -0.367 e. The van der Waals surface area contributed by atoms with Gasteiger partial charge in [0.15, 0.2) is 0 Å². The number of carbonyl (C=O) groups excluding carboxylic acids is 2. The predicted octanol–water partition coefficient (Wildman–Crippen LogP) is 2.11. The van der Waals surface area contributed by atoms with Gasteiger partial charge in [-0.3, -0.25) is 14.5 Å². The van der Waals surface area contributed by atoms with E-state index in [0.29, 0.717) is 23.7 Å². The Morgan fingerprint density at radius 1 is 0.955 bits per heavy atom. The molecule has 112 valence electrons. The van der Waals surface area contributed by atoms with Crippen molar-refractivity contribution in [1.29, 1.82) is 0 Å². The number of nitrogens with one attached hydrogen (secondary N) is 1. The van der Waals surface area contributed by atoms with Crippen molar-refractivity contribution in [2.24, 2.45) is 35.5 Å². The average molecular weight is 294 g/mol. The molecule has 5 aliphatic rings. The standard InChI is InChI=1S/C18H18N2O2/c21-17-15-11-6-7-12(14-8-13(11)14)16(15)18(22)20(17)9-19-10-4-2-1-3-5-10/h1-7,11-16,19H,8-9H2/t11-,12+,13-,14-,15+,16+/m1/s1. The first-order valence-electron chi connectivity index (χ1n) is 8.08. The molecular formula is C18H18N2O2. The molecule has 4 heteroatoms. The van der Waals surface area contributed by atoms with Gasteiger partial charge < -0.3 is 5.32 Å². The van der Waals surface area contributed by atoms with E-state index in [1.54, 1.807) is 0 Å². The third-order valence-corrected chi connectivity index (χ3v) is 5.97. The summed E-state index contributed by atoms with van der Waals surface area (Å²) in [4.78, 5) is 27.0. The minimum atomic E-state index is -0.0937. The third-order valence-electron chi connectivity index (χ3n) is 5.97. The van der Waals surface area contributed by atoms with Crippen molar-refractivity contribution in [1.82, 2.24) is 4.90 Å². The second-order valence-corrected chi connectivity index (χ2v) is 6.96. The number of hydrogen-bond donors (Lipinski definition) is 1. The third kappa shape index (κ3) is 1.52. The average Bonchev–Trinajstić information content (AvgIpc) is 3.33. The predicted molar refractivity (Wildman–Crippen MR) is 81.5 cm³/mol. The minimum absolute atomic E-state index is 0.0307. The Morgan fingerprint density at radius 3 is 2.14 bits per heavy atom. The van der Waals surface area contributed by atoms with Crippen molar-refractivity contribution < 1.29 is 9.59 Å². The lowest BCUT2D eigenvalue weighted by Gasteiger charge is -2.37. The van der Waals surface area contributed by atoms with Crippen LogP contribution in [0, 0.1) is 35.5 Å². The summed E-state index contributed by atoms with van der Waals surface area (Å²) in [6, 6.07) is 9.71. The van der Waals surface area contributed by atoms with Crippen LogP contribution < -0.4 is 5.32 Å². The van der Waals surface area contributed by atoms with Crippen LogP contribution in [-0.2, 0) is 9.59 Å². The molecule has 1 heterocycles. The summed E-state index contributed by atoms with van der Waals surface area (Å²) in [6.45, 7) is 0.281. The van der Waals surface area contributed by atoms with E-state index < -0.39 is 0 Å². The van der Waals surface area contributed by atoms with Crippen LogP contribution in [-0.4, -0.2) is 23.4 Å². The first-order valence-corrected chi connectivity index (χ1v) is 8.08. The fourth-order valence-corrected chi connectivity index (χ4v) is 4.90. The molecule has 1 N–H and O–H groups in total. The summed E-state index contributed by atoms with van der Waals surface area (Å²) in [6.07, 6.45) is 5.62. The van der Waals surface area contributed by atoms with Crippen LogP contribution in [0.4, 0.5) is 5.69 Å². The largest absolute Gasteiger partial charge is 0.367 e. The Balaban J connectivity index is 1.38. The van der Waals surface area contributed by atoms with E-state index >= 15 is 0 Å². The fraction of sp³-hybridized carbons (Fsp3) is 0.444. The number of imide groups is 1. The van der Waals surface area contributed by atoms with Gasteiger partial charge in [-0.2, -0.15) is 0 Å². The van der Waals surface area contributed by atoms with Crippen LogP contribution >= 0.6 is 0 Å². The number of allylic oxidation sites excluding steroid dienone is 2. The number of likely N-dealkylation sites (tertiary alicyclic amines) is 1. The zero-order valence-electron chi connectivity index (χ0n) is 12.2. The van der Waals surface area contributed by atoms with Crippen LogP contribution in [0.2, 0.25) is 0 Å². The topological polar surface area (TPSA) is 49.4 Å². The van der Waals surface area contributed by atoms with Crippen molar-refractivity contribution in [2.75, 3.05) is 12.0 Å². The maximum Gasteiger partial charge on any atom is 0.235 e. The van der Waals surface area contributed by atoms with E-state index in [2.05, 4.69) is 17.5 Å². The Morgan fingerprint density at radius 2 is 1.55 bits per heavy atom. The first kappa shape index (κ1) is 12.4. The Bertz CT molecular complexity index is 648. The van der Waals surface area contributed by atoms with Gasteiger partial charge in [-0.05, 0) is 42.2 Å². The van der Waals surface area contributed by atoms with E-state index in [4.69, 9.17) is 0 Å². The molecule has 4 nitrogen and oxygen atoms in total. The molecule has 6 atom stereocenters. The van der Waals surface area contributed by atoms with Crippen molar-refractivity contribution in [3.63, 3.8) is 0 Å². The van der Waals surface area contributed by atoms with Crippen LogP contribution in [0.1, 0.15) is 6.42 Å². The van der Waals surface area contributed by atoms with Crippen LogP contribution in [0.5, 0.6) is 0 Å². The molecule has 0 radical (unpaired) electrons. The van der Waals surface area contributed by atoms with Gasteiger partial charge in [0.2, 0.25) is 11.8 Å². The van der Waals surface area contributed by atoms with Gasteiger partial charge in [0.05, 0.1) is 18.5 Å². The summed E-state index contributed by atoms with van der Waals surface area (Å²) >= 11 is 0. The molecule has 1 aromatic carbocycles. The van der Waals surface area contributed by atoms with Gasteiger partial charge in [0.25, 0.3) is 0 Å². The van der Waals surface area contributed by atoms with Gasteiger partial charge in [0.1, 0.15) is 0 Å². The first-order chi connectivity index (χ1) is 10.8. The number of carbonyl (C=O) groups is 2. The fourth-order valence-electron chi connectivity index (χ4n) is 4.90. The van der Waals surface area contributed by atoms with E-state index in [1.807, 2.05) is 30.3 Å². The maximum atomic E-state index is 12.8. The monoisotopic (exact) mass is 294 g/mol.